The number of hydrogen-bond donors (Lipinski definition) is 2. The summed E-state index contributed by atoms with van der Waals surface area (Å²) in [6, 6.07) is 5.25. The molecule has 2 N–H and O–H groups in total. The Morgan fingerprint density at radius 3 is 2.72 bits per heavy atom. The van der Waals surface area contributed by atoms with Crippen molar-refractivity contribution in [1.82, 2.24) is 5.32 Å². The lowest BCUT2D eigenvalue weighted by Crippen LogP contribution is -2.29. The van der Waals surface area contributed by atoms with E-state index in [1.54, 1.807) is 18.2 Å². The lowest BCUT2D eigenvalue weighted by molar-refractivity contribution is -0.119. The van der Waals surface area contributed by atoms with Gasteiger partial charge in [0.25, 0.3) is 0 Å². The second-order valence-electron chi connectivity index (χ2n) is 4.76. The average Bonchev–Trinajstić information content (AvgIpc) is 2.58. The van der Waals surface area contributed by atoms with Crippen molar-refractivity contribution < 1.29 is 19.4 Å². The number of carbonyl (C=O) groups excluding carboxylic acids is 1. The fourth-order valence-corrected chi connectivity index (χ4v) is 1.80. The van der Waals surface area contributed by atoms with Crippen molar-refractivity contribution in [2.24, 2.45) is 0 Å². The average molecular weight is 251 g/mol. The van der Waals surface area contributed by atoms with Gasteiger partial charge in [-0.05, 0) is 17.7 Å². The Balaban J connectivity index is 2.11. The van der Waals surface area contributed by atoms with E-state index >= 15 is 0 Å². The molecule has 0 spiro atoms. The van der Waals surface area contributed by atoms with Crippen molar-refractivity contribution in [3.63, 3.8) is 0 Å². The molecule has 1 aromatic rings. The number of hydrogen-bond acceptors (Lipinski definition) is 4. The van der Waals surface area contributed by atoms with Crippen LogP contribution in [-0.2, 0) is 4.79 Å². The standard InChI is InChI=1S/C13H17NO4/c1-8(15)14-7-10(16)9-4-5-11-12(6-9)18-13(2,3)17-11/h4-6,10,16H,7H2,1-3H3,(H,14,15). The molecule has 2 rings (SSSR count). The summed E-state index contributed by atoms with van der Waals surface area (Å²) in [7, 11) is 0. The molecule has 0 fully saturated rings. The minimum Gasteiger partial charge on any atom is -0.449 e. The zero-order valence-corrected chi connectivity index (χ0v) is 10.7. The minimum absolute atomic E-state index is 0.170. The van der Waals surface area contributed by atoms with E-state index in [2.05, 4.69) is 5.32 Å². The first-order chi connectivity index (χ1) is 8.37. The first-order valence-corrected chi connectivity index (χ1v) is 5.82. The quantitative estimate of drug-likeness (QED) is 0.851. The number of carbonyl (C=O) groups is 1. The van der Waals surface area contributed by atoms with E-state index in [4.69, 9.17) is 9.47 Å². The highest BCUT2D eigenvalue weighted by molar-refractivity contribution is 5.72. The molecule has 1 aromatic carbocycles. The number of aliphatic hydroxyl groups excluding tert-OH is 1. The highest BCUT2D eigenvalue weighted by Crippen LogP contribution is 2.40. The van der Waals surface area contributed by atoms with Crippen LogP contribution in [0, 0.1) is 0 Å². The van der Waals surface area contributed by atoms with Crippen molar-refractivity contribution in [1.29, 1.82) is 0 Å². The van der Waals surface area contributed by atoms with Crippen LogP contribution < -0.4 is 14.8 Å². The Kier molecular flexibility index (Phi) is 3.17. The Morgan fingerprint density at radius 2 is 2.06 bits per heavy atom. The zero-order valence-electron chi connectivity index (χ0n) is 10.7. The number of rotatable bonds is 3. The van der Waals surface area contributed by atoms with Gasteiger partial charge < -0.3 is 19.9 Å². The molecule has 1 unspecified atom stereocenters. The fourth-order valence-electron chi connectivity index (χ4n) is 1.80. The van der Waals surface area contributed by atoms with Crippen LogP contribution in [0.4, 0.5) is 0 Å². The monoisotopic (exact) mass is 251 g/mol. The number of amides is 1. The van der Waals surface area contributed by atoms with E-state index in [-0.39, 0.29) is 12.5 Å². The van der Waals surface area contributed by atoms with Gasteiger partial charge in [0.05, 0.1) is 6.10 Å². The van der Waals surface area contributed by atoms with Gasteiger partial charge in [-0.2, -0.15) is 0 Å². The third kappa shape index (κ3) is 2.73. The summed E-state index contributed by atoms with van der Waals surface area (Å²) in [5.74, 6) is 0.426. The molecule has 0 aromatic heterocycles. The van der Waals surface area contributed by atoms with Crippen LogP contribution in [0.25, 0.3) is 0 Å². The van der Waals surface area contributed by atoms with Gasteiger partial charge >= 0.3 is 0 Å². The fraction of sp³-hybridized carbons (Fsp3) is 0.462. The number of nitrogens with one attached hydrogen (secondary N) is 1. The van der Waals surface area contributed by atoms with Gasteiger partial charge in [0, 0.05) is 27.3 Å². The van der Waals surface area contributed by atoms with Crippen molar-refractivity contribution in [3.05, 3.63) is 23.8 Å². The summed E-state index contributed by atoms with van der Waals surface area (Å²) in [6.07, 6.45) is -0.758. The van der Waals surface area contributed by atoms with Gasteiger partial charge in [0.2, 0.25) is 11.7 Å². The normalized spacial score (nSPS) is 17.3. The van der Waals surface area contributed by atoms with E-state index in [9.17, 15) is 9.90 Å². The molecular weight excluding hydrogens is 234 g/mol. The van der Waals surface area contributed by atoms with E-state index in [0.717, 1.165) is 0 Å². The molecule has 1 heterocycles. The highest BCUT2D eigenvalue weighted by Gasteiger charge is 2.31. The van der Waals surface area contributed by atoms with Crippen molar-refractivity contribution in [3.8, 4) is 11.5 Å². The van der Waals surface area contributed by atoms with Crippen LogP contribution in [0.15, 0.2) is 18.2 Å². The van der Waals surface area contributed by atoms with Crippen LogP contribution in [0.3, 0.4) is 0 Å². The predicted molar refractivity (Wildman–Crippen MR) is 65.4 cm³/mol. The summed E-state index contributed by atoms with van der Waals surface area (Å²) in [5, 5.41) is 12.5. The van der Waals surface area contributed by atoms with Gasteiger partial charge in [0.1, 0.15) is 0 Å². The lowest BCUT2D eigenvalue weighted by Gasteiger charge is -2.16. The Bertz CT molecular complexity index is 470. The largest absolute Gasteiger partial charge is 0.449 e. The summed E-state index contributed by atoms with van der Waals surface area (Å²) in [5.41, 5.74) is 0.684. The second-order valence-corrected chi connectivity index (χ2v) is 4.76. The number of ether oxygens (including phenoxy) is 2. The SMILES string of the molecule is CC(=O)NCC(O)c1ccc2c(c1)OC(C)(C)O2. The molecule has 1 amide bonds. The van der Waals surface area contributed by atoms with Crippen molar-refractivity contribution >= 4 is 5.91 Å². The third-order valence-electron chi connectivity index (χ3n) is 2.61. The Hall–Kier alpha value is -1.75. The molecule has 0 saturated carbocycles. The van der Waals surface area contributed by atoms with Gasteiger partial charge in [-0.3, -0.25) is 4.79 Å². The maximum atomic E-state index is 10.8. The van der Waals surface area contributed by atoms with Gasteiger partial charge in [-0.15, -0.1) is 0 Å². The van der Waals surface area contributed by atoms with Crippen molar-refractivity contribution in [2.75, 3.05) is 6.54 Å². The minimum atomic E-state index is -0.758. The zero-order chi connectivity index (χ0) is 13.3. The van der Waals surface area contributed by atoms with Crippen LogP contribution in [-0.4, -0.2) is 23.3 Å². The summed E-state index contributed by atoms with van der Waals surface area (Å²) >= 11 is 0. The number of fused-ring (bicyclic) bond motifs is 1. The first-order valence-electron chi connectivity index (χ1n) is 5.82. The molecular formula is C13H17NO4. The second kappa shape index (κ2) is 4.49. The maximum Gasteiger partial charge on any atom is 0.246 e. The topological polar surface area (TPSA) is 67.8 Å². The van der Waals surface area contributed by atoms with Crippen LogP contribution >= 0.6 is 0 Å². The van der Waals surface area contributed by atoms with E-state index in [1.165, 1.54) is 6.92 Å². The van der Waals surface area contributed by atoms with Crippen LogP contribution in [0.1, 0.15) is 32.4 Å². The first kappa shape index (κ1) is 12.7. The van der Waals surface area contributed by atoms with Gasteiger partial charge in [-0.1, -0.05) is 6.07 Å². The molecule has 5 nitrogen and oxygen atoms in total. The molecule has 5 heteroatoms. The van der Waals surface area contributed by atoms with Crippen LogP contribution in [0.5, 0.6) is 11.5 Å². The van der Waals surface area contributed by atoms with Gasteiger partial charge in [-0.25, -0.2) is 0 Å². The molecule has 0 saturated heterocycles. The highest BCUT2D eigenvalue weighted by atomic mass is 16.7. The third-order valence-corrected chi connectivity index (χ3v) is 2.61. The summed E-state index contributed by atoms with van der Waals surface area (Å²) in [6.45, 7) is 5.23. The molecule has 0 aliphatic carbocycles. The molecule has 1 atom stereocenters. The number of benzene rings is 1. The maximum absolute atomic E-state index is 10.8. The van der Waals surface area contributed by atoms with Crippen LogP contribution in [0.2, 0.25) is 0 Å². The number of aliphatic hydroxyl groups is 1. The molecule has 18 heavy (non-hydrogen) atoms. The Labute approximate surface area is 106 Å². The molecule has 0 bridgehead atoms. The summed E-state index contributed by atoms with van der Waals surface area (Å²) < 4.78 is 11.1. The van der Waals surface area contributed by atoms with E-state index < -0.39 is 11.9 Å². The molecule has 0 radical (unpaired) electrons. The molecule has 1 aliphatic heterocycles. The molecule has 1 aliphatic rings. The predicted octanol–water partition coefficient (Wildman–Crippen LogP) is 1.36. The van der Waals surface area contributed by atoms with Gasteiger partial charge in [0.15, 0.2) is 11.5 Å². The lowest BCUT2D eigenvalue weighted by atomic mass is 10.1. The van der Waals surface area contributed by atoms with E-state index in [1.807, 2.05) is 13.8 Å². The Morgan fingerprint density at radius 1 is 1.39 bits per heavy atom. The smallest absolute Gasteiger partial charge is 0.246 e. The molecule has 98 valence electrons. The van der Waals surface area contributed by atoms with E-state index in [0.29, 0.717) is 17.1 Å². The summed E-state index contributed by atoms with van der Waals surface area (Å²) in [4.78, 5) is 10.8. The van der Waals surface area contributed by atoms with Crippen molar-refractivity contribution in [2.45, 2.75) is 32.7 Å².